The summed E-state index contributed by atoms with van der Waals surface area (Å²) in [7, 11) is 0. The summed E-state index contributed by atoms with van der Waals surface area (Å²) >= 11 is 6.88. The van der Waals surface area contributed by atoms with Gasteiger partial charge >= 0.3 is 0 Å². The topological polar surface area (TPSA) is 51.2 Å². The number of aliphatic hydroxyl groups excluding tert-OH is 1. The van der Waals surface area contributed by atoms with Gasteiger partial charge in [-0.2, -0.15) is 5.10 Å². The van der Waals surface area contributed by atoms with E-state index in [2.05, 4.69) is 43.9 Å². The Morgan fingerprint density at radius 1 is 1.42 bits per heavy atom. The van der Waals surface area contributed by atoms with Crippen molar-refractivity contribution in [2.45, 2.75) is 39.3 Å². The zero-order chi connectivity index (χ0) is 14.0. The van der Waals surface area contributed by atoms with Gasteiger partial charge in [-0.25, -0.2) is 0 Å². The van der Waals surface area contributed by atoms with Crippen LogP contribution in [0.3, 0.4) is 0 Å². The summed E-state index contributed by atoms with van der Waals surface area (Å²) in [5.74, 6) is 0. The molecule has 1 N–H and O–H groups in total. The highest BCUT2D eigenvalue weighted by Crippen LogP contribution is 2.30. The molecule has 0 saturated heterocycles. The van der Waals surface area contributed by atoms with Crippen LogP contribution in [-0.2, 0) is 19.4 Å². The second kappa shape index (κ2) is 6.24. The van der Waals surface area contributed by atoms with E-state index in [0.717, 1.165) is 34.4 Å². The van der Waals surface area contributed by atoms with Crippen LogP contribution in [0.4, 0.5) is 0 Å². The van der Waals surface area contributed by atoms with Gasteiger partial charge in [0.1, 0.15) is 0 Å². The number of aromatic nitrogens is 2. The molecule has 0 fully saturated rings. The molecule has 104 valence electrons. The maximum atomic E-state index is 10.3. The van der Waals surface area contributed by atoms with Crippen LogP contribution in [0.25, 0.3) is 0 Å². The van der Waals surface area contributed by atoms with Crippen LogP contribution in [0.15, 0.2) is 25.9 Å². The summed E-state index contributed by atoms with van der Waals surface area (Å²) in [5, 5.41) is 14.8. The van der Waals surface area contributed by atoms with Gasteiger partial charge in [0, 0.05) is 18.5 Å². The molecule has 1 atom stereocenters. The second-order valence-corrected chi connectivity index (χ2v) is 5.76. The van der Waals surface area contributed by atoms with Gasteiger partial charge in [0.15, 0.2) is 4.67 Å². The van der Waals surface area contributed by atoms with E-state index in [0.29, 0.717) is 11.1 Å². The highest BCUT2D eigenvalue weighted by molar-refractivity contribution is 9.10. The van der Waals surface area contributed by atoms with Crippen molar-refractivity contribution >= 4 is 31.9 Å². The minimum atomic E-state index is -0.615. The number of aryl methyl sites for hydroxylation is 2. The van der Waals surface area contributed by atoms with E-state index < -0.39 is 6.10 Å². The minimum Gasteiger partial charge on any atom is -0.457 e. The van der Waals surface area contributed by atoms with Crippen LogP contribution in [-0.4, -0.2) is 14.9 Å². The van der Waals surface area contributed by atoms with E-state index in [4.69, 9.17) is 4.42 Å². The summed E-state index contributed by atoms with van der Waals surface area (Å²) in [5.41, 5.74) is 2.80. The number of aliphatic hydroxyl groups is 1. The third-order valence-electron chi connectivity index (χ3n) is 3.09. The highest BCUT2D eigenvalue weighted by atomic mass is 79.9. The number of nitrogens with zero attached hydrogens (tertiary/aromatic N) is 2. The monoisotopic (exact) mass is 390 g/mol. The van der Waals surface area contributed by atoms with Gasteiger partial charge in [-0.05, 0) is 51.3 Å². The van der Waals surface area contributed by atoms with E-state index in [9.17, 15) is 5.11 Å². The molecule has 0 amide bonds. The first kappa shape index (κ1) is 14.8. The van der Waals surface area contributed by atoms with Crippen LogP contribution < -0.4 is 0 Å². The van der Waals surface area contributed by atoms with E-state index >= 15 is 0 Å². The molecule has 6 heteroatoms. The largest absolute Gasteiger partial charge is 0.457 e. The van der Waals surface area contributed by atoms with Gasteiger partial charge in [-0.3, -0.25) is 4.68 Å². The molecule has 0 spiro atoms. The third kappa shape index (κ3) is 2.95. The maximum Gasteiger partial charge on any atom is 0.174 e. The highest BCUT2D eigenvalue weighted by Gasteiger charge is 2.20. The van der Waals surface area contributed by atoms with Crippen LogP contribution in [0.2, 0.25) is 0 Å². The van der Waals surface area contributed by atoms with Gasteiger partial charge < -0.3 is 9.52 Å². The lowest BCUT2D eigenvalue weighted by Gasteiger charge is -2.11. The number of rotatable bonds is 5. The Kier molecular flexibility index (Phi) is 4.86. The Morgan fingerprint density at radius 2 is 2.16 bits per heavy atom. The molecule has 0 radical (unpaired) electrons. The fourth-order valence-electron chi connectivity index (χ4n) is 2.05. The smallest absolute Gasteiger partial charge is 0.174 e. The van der Waals surface area contributed by atoms with E-state index in [1.807, 2.05) is 11.6 Å². The zero-order valence-corrected chi connectivity index (χ0v) is 14.0. The predicted octanol–water partition coefficient (Wildman–Crippen LogP) is 3.86. The Morgan fingerprint density at radius 3 is 2.68 bits per heavy atom. The molecule has 0 saturated carbocycles. The van der Waals surface area contributed by atoms with E-state index in [-0.39, 0.29) is 0 Å². The lowest BCUT2D eigenvalue weighted by Crippen LogP contribution is -2.08. The average Bonchev–Trinajstić information content (AvgIpc) is 2.95. The fourth-order valence-corrected chi connectivity index (χ4v) is 3.28. The molecule has 2 heterocycles. The summed E-state index contributed by atoms with van der Waals surface area (Å²) in [6.45, 7) is 4.90. The number of hydrogen-bond acceptors (Lipinski definition) is 3. The van der Waals surface area contributed by atoms with Crippen molar-refractivity contribution in [2.75, 3.05) is 0 Å². The Balaban J connectivity index is 2.28. The first-order chi connectivity index (χ1) is 9.08. The van der Waals surface area contributed by atoms with Gasteiger partial charge in [-0.15, -0.1) is 0 Å². The molecular formula is C13H16Br2N2O2. The van der Waals surface area contributed by atoms with Crippen LogP contribution >= 0.6 is 31.9 Å². The Hall–Kier alpha value is -0.590. The molecule has 2 aromatic rings. The van der Waals surface area contributed by atoms with Crippen molar-refractivity contribution < 1.29 is 9.52 Å². The van der Waals surface area contributed by atoms with E-state index in [1.165, 1.54) is 0 Å². The summed E-state index contributed by atoms with van der Waals surface area (Å²) < 4.78 is 8.66. The zero-order valence-electron chi connectivity index (χ0n) is 10.9. The summed E-state index contributed by atoms with van der Waals surface area (Å²) in [6, 6.07) is 1.77. The van der Waals surface area contributed by atoms with Crippen LogP contribution in [0, 0.1) is 0 Å². The maximum absolute atomic E-state index is 10.3. The Labute approximate surface area is 129 Å². The summed E-state index contributed by atoms with van der Waals surface area (Å²) in [6.07, 6.45) is 2.31. The SMILES string of the molecule is CCc1nn(CC)c(CC(O)c2ccoc2Br)c1Br. The molecule has 1 unspecified atom stereocenters. The average molecular weight is 392 g/mol. The molecular weight excluding hydrogens is 376 g/mol. The number of hydrogen-bond donors (Lipinski definition) is 1. The van der Waals surface area contributed by atoms with Crippen molar-refractivity contribution in [2.24, 2.45) is 0 Å². The normalized spacial score (nSPS) is 12.9. The van der Waals surface area contributed by atoms with Crippen molar-refractivity contribution in [3.8, 4) is 0 Å². The molecule has 19 heavy (non-hydrogen) atoms. The number of furan rings is 1. The molecule has 0 aliphatic carbocycles. The molecule has 4 nitrogen and oxygen atoms in total. The molecule has 0 bridgehead atoms. The van der Waals surface area contributed by atoms with Crippen LogP contribution in [0.1, 0.15) is 36.9 Å². The molecule has 0 aliphatic rings. The molecule has 0 aromatic carbocycles. The third-order valence-corrected chi connectivity index (χ3v) is 4.65. The lowest BCUT2D eigenvalue weighted by atomic mass is 10.1. The van der Waals surface area contributed by atoms with Crippen molar-refractivity contribution in [3.05, 3.63) is 38.4 Å². The van der Waals surface area contributed by atoms with Gasteiger partial charge in [-0.1, -0.05) is 6.92 Å². The van der Waals surface area contributed by atoms with Gasteiger partial charge in [0.25, 0.3) is 0 Å². The summed E-state index contributed by atoms with van der Waals surface area (Å²) in [4.78, 5) is 0. The van der Waals surface area contributed by atoms with Crippen molar-refractivity contribution in [1.29, 1.82) is 0 Å². The fraction of sp³-hybridized carbons (Fsp3) is 0.462. The van der Waals surface area contributed by atoms with Crippen molar-refractivity contribution in [1.82, 2.24) is 9.78 Å². The number of halogens is 2. The second-order valence-electron chi connectivity index (χ2n) is 4.25. The van der Waals surface area contributed by atoms with Gasteiger partial charge in [0.2, 0.25) is 0 Å². The standard InChI is InChI=1S/C13H16Br2N2O2/c1-3-9-12(14)10(17(4-2)16-9)7-11(18)8-5-6-19-13(8)15/h5-6,11,18H,3-4,7H2,1-2H3. The predicted molar refractivity (Wildman–Crippen MR) is 80.1 cm³/mol. The first-order valence-corrected chi connectivity index (χ1v) is 7.82. The minimum absolute atomic E-state index is 0.500. The Bertz CT molecular complexity index is 563. The van der Waals surface area contributed by atoms with Gasteiger partial charge in [0.05, 0.1) is 28.2 Å². The van der Waals surface area contributed by atoms with E-state index in [1.54, 1.807) is 12.3 Å². The van der Waals surface area contributed by atoms with Crippen LogP contribution in [0.5, 0.6) is 0 Å². The van der Waals surface area contributed by atoms with Crippen molar-refractivity contribution in [3.63, 3.8) is 0 Å². The molecule has 2 rings (SSSR count). The molecule has 2 aromatic heterocycles. The first-order valence-electron chi connectivity index (χ1n) is 6.23. The quantitative estimate of drug-likeness (QED) is 0.841. The molecule has 0 aliphatic heterocycles. The lowest BCUT2D eigenvalue weighted by molar-refractivity contribution is 0.173.